The molecule has 2 fully saturated rings. The Balaban J connectivity index is 1.61. The lowest BCUT2D eigenvalue weighted by Crippen LogP contribution is -2.56. The summed E-state index contributed by atoms with van der Waals surface area (Å²) in [6, 6.07) is 6.85. The standard InChI is InChI=1S/C20H27NO3/c1-12(19(22)23-2)18(14-4-5-14)15-6-3-13-7-8-20(10-16(21)11-20)24-17(13)9-15/h3,6,9,12,14,16,18H,4-5,7-8,10-11,21H2,1-2H3/t12-,16?,18+,20?/m1/s1. The molecule has 24 heavy (non-hydrogen) atoms. The van der Waals surface area contributed by atoms with Gasteiger partial charge < -0.3 is 15.2 Å². The number of hydrogen-bond acceptors (Lipinski definition) is 4. The van der Waals surface area contributed by atoms with E-state index in [-0.39, 0.29) is 29.4 Å². The molecule has 2 saturated carbocycles. The van der Waals surface area contributed by atoms with Crippen LogP contribution in [0.25, 0.3) is 0 Å². The summed E-state index contributed by atoms with van der Waals surface area (Å²) in [5.41, 5.74) is 8.45. The summed E-state index contributed by atoms with van der Waals surface area (Å²) in [6.07, 6.45) is 6.44. The predicted molar refractivity (Wildman–Crippen MR) is 92.0 cm³/mol. The van der Waals surface area contributed by atoms with E-state index in [0.29, 0.717) is 5.92 Å². The van der Waals surface area contributed by atoms with Gasteiger partial charge in [-0.2, -0.15) is 0 Å². The summed E-state index contributed by atoms with van der Waals surface area (Å²) in [6.45, 7) is 1.99. The van der Waals surface area contributed by atoms with Crippen LogP contribution in [0.1, 0.15) is 56.1 Å². The molecule has 4 nitrogen and oxygen atoms in total. The van der Waals surface area contributed by atoms with Crippen molar-refractivity contribution in [2.24, 2.45) is 17.6 Å². The number of nitrogens with two attached hydrogens (primary N) is 1. The molecule has 0 amide bonds. The number of benzene rings is 1. The highest BCUT2D eigenvalue weighted by Crippen LogP contribution is 2.49. The number of ether oxygens (including phenoxy) is 2. The van der Waals surface area contributed by atoms with Crippen LogP contribution in [0.5, 0.6) is 5.75 Å². The maximum Gasteiger partial charge on any atom is 0.309 e. The third-order valence-corrected chi connectivity index (χ3v) is 6.16. The molecule has 1 spiro atoms. The molecule has 0 unspecified atom stereocenters. The SMILES string of the molecule is COC(=O)[C@H](C)[C@H](c1ccc2c(c1)OC1(CC2)CC(N)C1)C1CC1. The summed E-state index contributed by atoms with van der Waals surface area (Å²) >= 11 is 0. The Hall–Kier alpha value is -1.55. The normalized spacial score (nSPS) is 30.7. The average Bonchev–Trinajstić information content (AvgIpc) is 3.37. The minimum Gasteiger partial charge on any atom is -0.487 e. The van der Waals surface area contributed by atoms with Crippen molar-refractivity contribution in [1.82, 2.24) is 0 Å². The van der Waals surface area contributed by atoms with Crippen LogP contribution in [0, 0.1) is 11.8 Å². The number of aryl methyl sites for hydroxylation is 1. The molecule has 2 atom stereocenters. The highest BCUT2D eigenvalue weighted by Gasteiger charge is 2.47. The molecule has 4 heteroatoms. The van der Waals surface area contributed by atoms with Crippen molar-refractivity contribution in [3.05, 3.63) is 29.3 Å². The molecule has 1 heterocycles. The van der Waals surface area contributed by atoms with Crippen molar-refractivity contribution >= 4 is 5.97 Å². The van der Waals surface area contributed by atoms with Crippen molar-refractivity contribution in [1.29, 1.82) is 0 Å². The van der Waals surface area contributed by atoms with E-state index < -0.39 is 0 Å². The van der Waals surface area contributed by atoms with Crippen LogP contribution in [-0.4, -0.2) is 24.7 Å². The fraction of sp³-hybridized carbons (Fsp3) is 0.650. The van der Waals surface area contributed by atoms with Crippen LogP contribution < -0.4 is 10.5 Å². The predicted octanol–water partition coefficient (Wildman–Crippen LogP) is 3.17. The van der Waals surface area contributed by atoms with Gasteiger partial charge in [0.1, 0.15) is 11.4 Å². The van der Waals surface area contributed by atoms with Crippen LogP contribution in [0.15, 0.2) is 18.2 Å². The molecule has 1 aromatic rings. The maximum absolute atomic E-state index is 12.1. The van der Waals surface area contributed by atoms with Crippen LogP contribution >= 0.6 is 0 Å². The zero-order valence-electron chi connectivity index (χ0n) is 14.6. The Morgan fingerprint density at radius 2 is 2.12 bits per heavy atom. The second-order valence-electron chi connectivity index (χ2n) is 8.00. The summed E-state index contributed by atoms with van der Waals surface area (Å²) in [7, 11) is 1.47. The van der Waals surface area contributed by atoms with Crippen LogP contribution in [0.3, 0.4) is 0 Å². The average molecular weight is 329 g/mol. The van der Waals surface area contributed by atoms with Gasteiger partial charge in [0.25, 0.3) is 0 Å². The first-order valence-electron chi connectivity index (χ1n) is 9.16. The van der Waals surface area contributed by atoms with Crippen molar-refractivity contribution in [2.75, 3.05) is 7.11 Å². The van der Waals surface area contributed by atoms with Gasteiger partial charge in [0.15, 0.2) is 0 Å². The molecule has 2 aliphatic carbocycles. The minimum absolute atomic E-state index is 0.0336. The van der Waals surface area contributed by atoms with E-state index in [1.54, 1.807) is 0 Å². The third kappa shape index (κ3) is 2.71. The van der Waals surface area contributed by atoms with Gasteiger partial charge in [-0.15, -0.1) is 0 Å². The Labute approximate surface area is 143 Å². The van der Waals surface area contributed by atoms with Crippen molar-refractivity contribution in [2.45, 2.75) is 63.0 Å². The molecule has 1 aliphatic heterocycles. The lowest BCUT2D eigenvalue weighted by atomic mass is 9.71. The Morgan fingerprint density at radius 3 is 2.75 bits per heavy atom. The van der Waals surface area contributed by atoms with E-state index in [0.717, 1.165) is 31.4 Å². The first-order valence-corrected chi connectivity index (χ1v) is 9.16. The van der Waals surface area contributed by atoms with Crippen LogP contribution in [0.2, 0.25) is 0 Å². The third-order valence-electron chi connectivity index (χ3n) is 6.16. The number of carbonyl (C=O) groups excluding carboxylic acids is 1. The highest BCUT2D eigenvalue weighted by molar-refractivity contribution is 5.73. The lowest BCUT2D eigenvalue weighted by Gasteiger charge is -2.48. The van der Waals surface area contributed by atoms with Gasteiger partial charge in [-0.3, -0.25) is 4.79 Å². The Morgan fingerprint density at radius 1 is 1.38 bits per heavy atom. The van der Waals surface area contributed by atoms with Gasteiger partial charge in [0, 0.05) is 18.9 Å². The molecule has 0 bridgehead atoms. The number of fused-ring (bicyclic) bond motifs is 1. The fourth-order valence-electron chi connectivity index (χ4n) is 4.67. The first kappa shape index (κ1) is 15.9. The number of rotatable bonds is 4. The molecule has 2 N–H and O–H groups in total. The van der Waals surface area contributed by atoms with Crippen molar-refractivity contribution < 1.29 is 14.3 Å². The van der Waals surface area contributed by atoms with Gasteiger partial charge in [0.2, 0.25) is 0 Å². The van der Waals surface area contributed by atoms with Crippen LogP contribution in [0.4, 0.5) is 0 Å². The second-order valence-corrected chi connectivity index (χ2v) is 8.00. The van der Waals surface area contributed by atoms with Crippen molar-refractivity contribution in [3.8, 4) is 5.75 Å². The summed E-state index contributed by atoms with van der Waals surface area (Å²) < 4.78 is 11.4. The van der Waals surface area contributed by atoms with Crippen LogP contribution in [-0.2, 0) is 16.0 Å². The van der Waals surface area contributed by atoms with E-state index in [1.165, 1.54) is 31.1 Å². The molecule has 0 saturated heterocycles. The van der Waals surface area contributed by atoms with Gasteiger partial charge in [-0.05, 0) is 54.7 Å². The summed E-state index contributed by atoms with van der Waals surface area (Å²) in [5, 5.41) is 0. The molecule has 1 aromatic carbocycles. The zero-order chi connectivity index (χ0) is 16.9. The zero-order valence-corrected chi connectivity index (χ0v) is 14.6. The Bertz CT molecular complexity index is 646. The van der Waals surface area contributed by atoms with Gasteiger partial charge in [-0.1, -0.05) is 19.1 Å². The number of hydrogen-bond donors (Lipinski definition) is 1. The second kappa shape index (κ2) is 5.76. The van der Waals surface area contributed by atoms with Gasteiger partial charge in [0.05, 0.1) is 13.0 Å². The molecule has 0 aromatic heterocycles. The molecule has 130 valence electrons. The lowest BCUT2D eigenvalue weighted by molar-refractivity contribution is -0.145. The summed E-state index contributed by atoms with van der Waals surface area (Å²) in [4.78, 5) is 12.1. The number of carbonyl (C=O) groups is 1. The maximum atomic E-state index is 12.1. The molecule has 0 radical (unpaired) electrons. The molecule has 3 aliphatic rings. The van der Waals surface area contributed by atoms with E-state index in [1.807, 2.05) is 6.92 Å². The van der Waals surface area contributed by atoms with E-state index in [4.69, 9.17) is 15.2 Å². The molecular weight excluding hydrogens is 302 g/mol. The quantitative estimate of drug-likeness (QED) is 0.862. The topological polar surface area (TPSA) is 61.5 Å². The van der Waals surface area contributed by atoms with Gasteiger partial charge in [-0.25, -0.2) is 0 Å². The fourth-order valence-corrected chi connectivity index (χ4v) is 4.67. The monoisotopic (exact) mass is 329 g/mol. The summed E-state index contributed by atoms with van der Waals surface area (Å²) in [5.74, 6) is 1.59. The first-order chi connectivity index (χ1) is 11.5. The smallest absolute Gasteiger partial charge is 0.309 e. The van der Waals surface area contributed by atoms with Crippen molar-refractivity contribution in [3.63, 3.8) is 0 Å². The molecule has 4 rings (SSSR count). The van der Waals surface area contributed by atoms with E-state index >= 15 is 0 Å². The number of methoxy groups -OCH3 is 1. The number of esters is 1. The largest absolute Gasteiger partial charge is 0.487 e. The Kier molecular flexibility index (Phi) is 3.83. The van der Waals surface area contributed by atoms with E-state index in [2.05, 4.69) is 18.2 Å². The highest BCUT2D eigenvalue weighted by atomic mass is 16.5. The van der Waals surface area contributed by atoms with Gasteiger partial charge >= 0.3 is 5.97 Å². The molecular formula is C20H27NO3. The van der Waals surface area contributed by atoms with E-state index in [9.17, 15) is 4.79 Å². The minimum atomic E-state index is -0.119.